The molecule has 6 heteroatoms. The number of nitrogens with one attached hydrogen (secondary N) is 1. The van der Waals surface area contributed by atoms with Gasteiger partial charge in [0.1, 0.15) is 0 Å². The van der Waals surface area contributed by atoms with Crippen molar-refractivity contribution >= 4 is 17.3 Å². The second kappa shape index (κ2) is 5.81. The van der Waals surface area contributed by atoms with Crippen LogP contribution in [0.5, 0.6) is 0 Å². The first-order valence-corrected chi connectivity index (χ1v) is 7.88. The number of carbonyl (C=O) groups is 1. The molecule has 0 spiro atoms. The molecule has 1 aliphatic carbocycles. The Balaban J connectivity index is 1.60. The third-order valence-electron chi connectivity index (χ3n) is 4.06. The topological polar surface area (TPSA) is 85.8 Å². The molecule has 24 heavy (non-hydrogen) atoms. The van der Waals surface area contributed by atoms with Crippen molar-refractivity contribution in [3.05, 3.63) is 54.7 Å². The van der Waals surface area contributed by atoms with Crippen molar-refractivity contribution < 1.29 is 4.79 Å². The quantitative estimate of drug-likeness (QED) is 0.724. The molecule has 0 atom stereocenters. The largest absolute Gasteiger partial charge is 0.399 e. The van der Waals surface area contributed by atoms with E-state index in [1.54, 1.807) is 10.9 Å². The lowest BCUT2D eigenvalue weighted by Crippen LogP contribution is -2.13. The van der Waals surface area contributed by atoms with Crippen molar-refractivity contribution in [1.82, 2.24) is 15.0 Å². The summed E-state index contributed by atoms with van der Waals surface area (Å²) in [4.78, 5) is 11.8. The molecule has 1 heterocycles. The number of hydrogen-bond acceptors (Lipinski definition) is 4. The number of rotatable bonds is 4. The van der Waals surface area contributed by atoms with Gasteiger partial charge in [-0.3, -0.25) is 4.79 Å². The predicted octanol–water partition coefficient (Wildman–Crippen LogP) is 2.87. The fraction of sp³-hybridized carbons (Fsp3) is 0.167. The Morgan fingerprint density at radius 3 is 2.67 bits per heavy atom. The average Bonchev–Trinajstić information content (AvgIpc) is 3.33. The van der Waals surface area contributed by atoms with Gasteiger partial charge in [0, 0.05) is 22.9 Å². The summed E-state index contributed by atoms with van der Waals surface area (Å²) in [6.45, 7) is 0. The number of benzene rings is 2. The SMILES string of the molecule is Nc1cccc(-n2nncc2-c2ccc(NC(=O)C3CC3)cc2)c1. The number of hydrogen-bond donors (Lipinski definition) is 2. The number of carbonyl (C=O) groups excluding carboxylic acids is 1. The minimum atomic E-state index is 0.106. The van der Waals surface area contributed by atoms with Crippen molar-refractivity contribution in [3.8, 4) is 16.9 Å². The van der Waals surface area contributed by atoms with Crippen LogP contribution in [0.25, 0.3) is 16.9 Å². The molecule has 1 aliphatic rings. The van der Waals surface area contributed by atoms with Gasteiger partial charge in [-0.25, -0.2) is 4.68 Å². The molecule has 2 aromatic carbocycles. The first-order valence-electron chi connectivity index (χ1n) is 7.88. The van der Waals surface area contributed by atoms with Crippen LogP contribution < -0.4 is 11.1 Å². The molecule has 1 aromatic heterocycles. The molecule has 6 nitrogen and oxygen atoms in total. The first kappa shape index (κ1) is 14.4. The minimum Gasteiger partial charge on any atom is -0.399 e. The fourth-order valence-electron chi connectivity index (χ4n) is 2.59. The summed E-state index contributed by atoms with van der Waals surface area (Å²) < 4.78 is 1.74. The summed E-state index contributed by atoms with van der Waals surface area (Å²) in [6, 6.07) is 15.2. The highest BCUT2D eigenvalue weighted by Crippen LogP contribution is 2.30. The molecule has 1 saturated carbocycles. The molecule has 3 aromatic rings. The number of nitrogens with two attached hydrogens (primary N) is 1. The highest BCUT2D eigenvalue weighted by molar-refractivity contribution is 5.94. The molecular formula is C18H17N5O. The lowest BCUT2D eigenvalue weighted by atomic mass is 10.1. The van der Waals surface area contributed by atoms with E-state index in [2.05, 4.69) is 15.6 Å². The maximum atomic E-state index is 11.8. The van der Waals surface area contributed by atoms with E-state index in [4.69, 9.17) is 5.73 Å². The molecule has 1 fully saturated rings. The number of aromatic nitrogens is 3. The first-order chi connectivity index (χ1) is 11.7. The van der Waals surface area contributed by atoms with E-state index < -0.39 is 0 Å². The van der Waals surface area contributed by atoms with Gasteiger partial charge >= 0.3 is 0 Å². The zero-order valence-electron chi connectivity index (χ0n) is 13.0. The van der Waals surface area contributed by atoms with Crippen LogP contribution in [0, 0.1) is 5.92 Å². The Hall–Kier alpha value is -3.15. The Bertz CT molecular complexity index is 880. The highest BCUT2D eigenvalue weighted by atomic mass is 16.2. The highest BCUT2D eigenvalue weighted by Gasteiger charge is 2.29. The van der Waals surface area contributed by atoms with E-state index in [1.165, 1.54) is 0 Å². The minimum absolute atomic E-state index is 0.106. The summed E-state index contributed by atoms with van der Waals surface area (Å²) >= 11 is 0. The van der Waals surface area contributed by atoms with E-state index in [0.29, 0.717) is 5.69 Å². The van der Waals surface area contributed by atoms with Crippen molar-refractivity contribution in [2.45, 2.75) is 12.8 Å². The zero-order valence-corrected chi connectivity index (χ0v) is 13.0. The number of anilines is 2. The molecule has 0 unspecified atom stereocenters. The Morgan fingerprint density at radius 1 is 1.17 bits per heavy atom. The van der Waals surface area contributed by atoms with E-state index in [0.717, 1.165) is 35.5 Å². The van der Waals surface area contributed by atoms with E-state index in [-0.39, 0.29) is 11.8 Å². The van der Waals surface area contributed by atoms with Crippen molar-refractivity contribution in [1.29, 1.82) is 0 Å². The van der Waals surface area contributed by atoms with Crippen LogP contribution in [0.15, 0.2) is 54.7 Å². The molecule has 4 rings (SSSR count). The van der Waals surface area contributed by atoms with Gasteiger partial charge in [0.15, 0.2) is 0 Å². The number of amides is 1. The van der Waals surface area contributed by atoms with Crippen LogP contribution in [0.1, 0.15) is 12.8 Å². The van der Waals surface area contributed by atoms with Crippen molar-refractivity contribution in [3.63, 3.8) is 0 Å². The van der Waals surface area contributed by atoms with Crippen LogP contribution in [0.4, 0.5) is 11.4 Å². The lowest BCUT2D eigenvalue weighted by Gasteiger charge is -2.08. The standard InChI is InChI=1S/C18H17N5O/c19-14-2-1-3-16(10-14)23-17(11-20-22-23)12-6-8-15(9-7-12)21-18(24)13-4-5-13/h1-3,6-11,13H,4-5,19H2,(H,21,24). The van der Waals surface area contributed by atoms with E-state index >= 15 is 0 Å². The summed E-state index contributed by atoms with van der Waals surface area (Å²) in [5.41, 5.74) is 10.0. The van der Waals surface area contributed by atoms with Crippen LogP contribution >= 0.6 is 0 Å². The van der Waals surface area contributed by atoms with Crippen LogP contribution in [0.3, 0.4) is 0 Å². The van der Waals surface area contributed by atoms with Crippen molar-refractivity contribution in [2.75, 3.05) is 11.1 Å². The second-order valence-electron chi connectivity index (χ2n) is 5.97. The van der Waals surface area contributed by atoms with Crippen LogP contribution in [-0.2, 0) is 4.79 Å². The van der Waals surface area contributed by atoms with E-state index in [1.807, 2.05) is 48.5 Å². The third kappa shape index (κ3) is 2.86. The fourth-order valence-corrected chi connectivity index (χ4v) is 2.59. The van der Waals surface area contributed by atoms with Crippen LogP contribution in [-0.4, -0.2) is 20.9 Å². The van der Waals surface area contributed by atoms with Gasteiger partial charge in [-0.1, -0.05) is 23.4 Å². The van der Waals surface area contributed by atoms with Gasteiger partial charge in [0.25, 0.3) is 0 Å². The summed E-state index contributed by atoms with van der Waals surface area (Å²) in [5.74, 6) is 0.299. The van der Waals surface area contributed by atoms with Gasteiger partial charge in [-0.15, -0.1) is 5.10 Å². The maximum absolute atomic E-state index is 11.8. The molecule has 0 saturated heterocycles. The third-order valence-corrected chi connectivity index (χ3v) is 4.06. The van der Waals surface area contributed by atoms with Crippen molar-refractivity contribution in [2.24, 2.45) is 5.92 Å². The Morgan fingerprint density at radius 2 is 1.96 bits per heavy atom. The van der Waals surface area contributed by atoms with Gasteiger partial charge < -0.3 is 11.1 Å². The molecule has 120 valence electrons. The zero-order chi connectivity index (χ0) is 16.5. The summed E-state index contributed by atoms with van der Waals surface area (Å²) in [5, 5.41) is 11.1. The van der Waals surface area contributed by atoms with E-state index in [9.17, 15) is 4.79 Å². The predicted molar refractivity (Wildman–Crippen MR) is 92.6 cm³/mol. The lowest BCUT2D eigenvalue weighted by molar-refractivity contribution is -0.117. The maximum Gasteiger partial charge on any atom is 0.227 e. The molecule has 0 radical (unpaired) electrons. The number of nitrogen functional groups attached to an aromatic ring is 1. The van der Waals surface area contributed by atoms with Gasteiger partial charge in [-0.05, 0) is 43.2 Å². The van der Waals surface area contributed by atoms with Crippen LogP contribution in [0.2, 0.25) is 0 Å². The monoisotopic (exact) mass is 319 g/mol. The van der Waals surface area contributed by atoms with Gasteiger partial charge in [-0.2, -0.15) is 0 Å². The smallest absolute Gasteiger partial charge is 0.227 e. The second-order valence-corrected chi connectivity index (χ2v) is 5.97. The normalized spacial score (nSPS) is 13.7. The average molecular weight is 319 g/mol. The molecule has 0 bridgehead atoms. The molecule has 0 aliphatic heterocycles. The Kier molecular flexibility index (Phi) is 3.49. The molecule has 1 amide bonds. The van der Waals surface area contributed by atoms with Gasteiger partial charge in [0.2, 0.25) is 5.91 Å². The number of nitrogens with zero attached hydrogens (tertiary/aromatic N) is 3. The summed E-state index contributed by atoms with van der Waals surface area (Å²) in [7, 11) is 0. The molecular weight excluding hydrogens is 302 g/mol. The van der Waals surface area contributed by atoms with Gasteiger partial charge in [0.05, 0.1) is 17.6 Å². The molecule has 3 N–H and O–H groups in total. The summed E-state index contributed by atoms with van der Waals surface area (Å²) in [6.07, 6.45) is 3.70. The Labute approximate surface area is 139 Å².